The lowest BCUT2D eigenvalue weighted by Crippen LogP contribution is -2.52. The van der Waals surface area contributed by atoms with Crippen molar-refractivity contribution in [2.24, 2.45) is 5.92 Å². The third-order valence-electron chi connectivity index (χ3n) is 6.12. The van der Waals surface area contributed by atoms with Gasteiger partial charge in [-0.25, -0.2) is 8.42 Å². The molecule has 0 atom stereocenters. The molecule has 2 saturated heterocycles. The molecule has 0 N–H and O–H groups in total. The molecule has 1 aromatic carbocycles. The average molecular weight is 406 g/mol. The SMILES string of the molecule is O=C(c1cccc(S(=O)(=O)N2CCCC2)c1)N1CCN(C(=O)C2CCC2)CC1. The molecule has 0 bridgehead atoms. The maximum atomic E-state index is 12.9. The Kier molecular flexibility index (Phi) is 5.42. The van der Waals surface area contributed by atoms with Crippen molar-refractivity contribution in [3.8, 4) is 0 Å². The first-order valence-corrected chi connectivity index (χ1v) is 11.6. The molecule has 2 aliphatic heterocycles. The Hall–Kier alpha value is -1.93. The molecule has 1 aromatic rings. The van der Waals surface area contributed by atoms with Gasteiger partial charge in [0.25, 0.3) is 5.91 Å². The number of sulfonamides is 1. The van der Waals surface area contributed by atoms with Gasteiger partial charge in [0.15, 0.2) is 0 Å². The smallest absolute Gasteiger partial charge is 0.254 e. The number of hydrogen-bond donors (Lipinski definition) is 0. The van der Waals surface area contributed by atoms with Crippen LogP contribution >= 0.6 is 0 Å². The summed E-state index contributed by atoms with van der Waals surface area (Å²) < 4.78 is 27.0. The predicted octanol–water partition coefficient (Wildman–Crippen LogP) is 1.56. The van der Waals surface area contributed by atoms with Gasteiger partial charge in [0.05, 0.1) is 4.90 Å². The van der Waals surface area contributed by atoms with Gasteiger partial charge < -0.3 is 9.80 Å². The standard InChI is InChI=1S/C20H27N3O4S/c24-19(16-5-3-6-16)21-11-13-22(14-12-21)20(25)17-7-4-8-18(15-17)28(26,27)23-9-1-2-10-23/h4,7-8,15-16H,1-3,5-6,9-14H2. The van der Waals surface area contributed by atoms with Crippen molar-refractivity contribution in [3.05, 3.63) is 29.8 Å². The number of benzene rings is 1. The zero-order chi connectivity index (χ0) is 19.7. The summed E-state index contributed by atoms with van der Waals surface area (Å²) in [4.78, 5) is 29.0. The number of hydrogen-bond acceptors (Lipinski definition) is 4. The first kappa shape index (κ1) is 19.4. The lowest BCUT2D eigenvalue weighted by molar-refractivity contribution is -0.139. The average Bonchev–Trinajstić information content (AvgIpc) is 3.22. The van der Waals surface area contributed by atoms with Gasteiger partial charge >= 0.3 is 0 Å². The van der Waals surface area contributed by atoms with Crippen LogP contribution in [0.2, 0.25) is 0 Å². The van der Waals surface area contributed by atoms with Crippen LogP contribution in [0.1, 0.15) is 42.5 Å². The maximum absolute atomic E-state index is 12.9. The van der Waals surface area contributed by atoms with E-state index in [1.165, 1.54) is 10.4 Å². The number of carbonyl (C=O) groups excluding carboxylic acids is 2. The van der Waals surface area contributed by atoms with Gasteiger partial charge in [-0.3, -0.25) is 9.59 Å². The van der Waals surface area contributed by atoms with E-state index >= 15 is 0 Å². The van der Waals surface area contributed by atoms with Crippen molar-refractivity contribution in [1.82, 2.24) is 14.1 Å². The molecule has 28 heavy (non-hydrogen) atoms. The molecule has 0 unspecified atom stereocenters. The monoisotopic (exact) mass is 405 g/mol. The molecule has 7 nitrogen and oxygen atoms in total. The molecule has 3 aliphatic rings. The summed E-state index contributed by atoms with van der Waals surface area (Å²) in [7, 11) is -3.54. The summed E-state index contributed by atoms with van der Waals surface area (Å²) >= 11 is 0. The second-order valence-corrected chi connectivity index (χ2v) is 9.82. The van der Waals surface area contributed by atoms with E-state index < -0.39 is 10.0 Å². The summed E-state index contributed by atoms with van der Waals surface area (Å²) in [6, 6.07) is 6.34. The third kappa shape index (κ3) is 3.67. The van der Waals surface area contributed by atoms with Crippen LogP contribution in [0.5, 0.6) is 0 Å². The summed E-state index contributed by atoms with van der Waals surface area (Å²) in [5.41, 5.74) is 0.388. The fraction of sp³-hybridized carbons (Fsp3) is 0.600. The molecule has 1 aliphatic carbocycles. The van der Waals surface area contributed by atoms with Crippen LogP contribution in [0, 0.1) is 5.92 Å². The van der Waals surface area contributed by atoms with Crippen LogP contribution in [-0.2, 0) is 14.8 Å². The number of carbonyl (C=O) groups is 2. The fourth-order valence-corrected chi connectivity index (χ4v) is 5.66. The first-order chi connectivity index (χ1) is 13.5. The molecule has 0 aromatic heterocycles. The van der Waals surface area contributed by atoms with E-state index in [2.05, 4.69) is 0 Å². The molecule has 0 radical (unpaired) electrons. The van der Waals surface area contributed by atoms with Crippen molar-refractivity contribution >= 4 is 21.8 Å². The Morgan fingerprint density at radius 2 is 1.50 bits per heavy atom. The van der Waals surface area contributed by atoms with E-state index in [-0.39, 0.29) is 22.6 Å². The van der Waals surface area contributed by atoms with E-state index in [1.54, 1.807) is 23.1 Å². The van der Waals surface area contributed by atoms with Crippen LogP contribution in [0.25, 0.3) is 0 Å². The van der Waals surface area contributed by atoms with E-state index in [1.807, 2.05) is 4.90 Å². The third-order valence-corrected chi connectivity index (χ3v) is 8.01. The van der Waals surface area contributed by atoms with Crippen LogP contribution in [-0.4, -0.2) is 73.6 Å². The van der Waals surface area contributed by atoms with Crippen molar-refractivity contribution in [1.29, 1.82) is 0 Å². The maximum Gasteiger partial charge on any atom is 0.254 e. The van der Waals surface area contributed by atoms with Gasteiger partial charge in [-0.15, -0.1) is 0 Å². The van der Waals surface area contributed by atoms with Crippen LogP contribution in [0.3, 0.4) is 0 Å². The van der Waals surface area contributed by atoms with E-state index in [0.29, 0.717) is 44.8 Å². The van der Waals surface area contributed by atoms with Gasteiger partial charge in [0.1, 0.15) is 0 Å². The highest BCUT2D eigenvalue weighted by Crippen LogP contribution is 2.28. The second-order valence-electron chi connectivity index (χ2n) is 7.88. The van der Waals surface area contributed by atoms with Gasteiger partial charge in [0.2, 0.25) is 15.9 Å². The number of nitrogens with zero attached hydrogens (tertiary/aromatic N) is 3. The minimum Gasteiger partial charge on any atom is -0.339 e. The Labute approximate surface area is 166 Å². The zero-order valence-electron chi connectivity index (χ0n) is 16.0. The van der Waals surface area contributed by atoms with Crippen LogP contribution < -0.4 is 0 Å². The Bertz CT molecular complexity index is 852. The van der Waals surface area contributed by atoms with Gasteiger partial charge in [-0.1, -0.05) is 12.5 Å². The minimum absolute atomic E-state index is 0.172. The molecule has 2 heterocycles. The largest absolute Gasteiger partial charge is 0.339 e. The molecule has 0 spiro atoms. The van der Waals surface area contributed by atoms with Crippen molar-refractivity contribution in [2.75, 3.05) is 39.3 Å². The highest BCUT2D eigenvalue weighted by Gasteiger charge is 2.33. The number of piperazine rings is 1. The Morgan fingerprint density at radius 1 is 0.857 bits per heavy atom. The molecule has 2 amide bonds. The molecule has 3 fully saturated rings. The van der Waals surface area contributed by atoms with E-state index in [9.17, 15) is 18.0 Å². The first-order valence-electron chi connectivity index (χ1n) is 10.1. The van der Waals surface area contributed by atoms with Crippen LogP contribution in [0.4, 0.5) is 0 Å². The Balaban J connectivity index is 1.42. The molecule has 8 heteroatoms. The fourth-order valence-electron chi connectivity index (χ4n) is 4.09. The highest BCUT2D eigenvalue weighted by atomic mass is 32.2. The normalized spacial score (nSPS) is 21.6. The highest BCUT2D eigenvalue weighted by molar-refractivity contribution is 7.89. The quantitative estimate of drug-likeness (QED) is 0.762. The number of rotatable bonds is 4. The summed E-state index contributed by atoms with van der Waals surface area (Å²) in [6.45, 7) is 3.15. The summed E-state index contributed by atoms with van der Waals surface area (Å²) in [5, 5.41) is 0. The topological polar surface area (TPSA) is 78.0 Å². The van der Waals surface area contributed by atoms with Crippen molar-refractivity contribution in [3.63, 3.8) is 0 Å². The van der Waals surface area contributed by atoms with Gasteiger partial charge in [-0.05, 0) is 43.9 Å². The van der Waals surface area contributed by atoms with E-state index in [0.717, 1.165) is 32.1 Å². The second kappa shape index (κ2) is 7.83. The molecule has 1 saturated carbocycles. The summed E-state index contributed by atoms with van der Waals surface area (Å²) in [6.07, 6.45) is 4.85. The predicted molar refractivity (Wildman–Crippen MR) is 104 cm³/mol. The Morgan fingerprint density at radius 3 is 2.11 bits per heavy atom. The molecular weight excluding hydrogens is 378 g/mol. The lowest BCUT2D eigenvalue weighted by Gasteiger charge is -2.38. The van der Waals surface area contributed by atoms with Crippen molar-refractivity contribution < 1.29 is 18.0 Å². The lowest BCUT2D eigenvalue weighted by atomic mass is 9.84. The van der Waals surface area contributed by atoms with E-state index in [4.69, 9.17) is 0 Å². The molecule has 152 valence electrons. The van der Waals surface area contributed by atoms with Crippen LogP contribution in [0.15, 0.2) is 29.2 Å². The molecular formula is C20H27N3O4S. The minimum atomic E-state index is -3.54. The summed E-state index contributed by atoms with van der Waals surface area (Å²) in [5.74, 6) is 0.223. The van der Waals surface area contributed by atoms with Crippen molar-refractivity contribution in [2.45, 2.75) is 37.0 Å². The number of amides is 2. The van der Waals surface area contributed by atoms with Gasteiger partial charge in [-0.2, -0.15) is 4.31 Å². The zero-order valence-corrected chi connectivity index (χ0v) is 16.9. The molecule has 4 rings (SSSR count). The van der Waals surface area contributed by atoms with Gasteiger partial charge in [0, 0.05) is 50.7 Å².